The quantitative estimate of drug-likeness (QED) is 0.876. The molecule has 3 rings (SSSR count). The molecular weight excluding hydrogens is 224 g/mol. The van der Waals surface area contributed by atoms with Crippen LogP contribution in [-0.2, 0) is 0 Å². The van der Waals surface area contributed by atoms with Crippen molar-refractivity contribution >= 4 is 11.5 Å². The molecule has 2 fully saturated rings. The van der Waals surface area contributed by atoms with Crippen LogP contribution in [0.4, 0.5) is 11.5 Å². The summed E-state index contributed by atoms with van der Waals surface area (Å²) in [6.45, 7) is 5.79. The van der Waals surface area contributed by atoms with E-state index in [2.05, 4.69) is 14.8 Å². The Bertz CT molecular complexity index is 377. The predicted octanol–water partition coefficient (Wildman–Crippen LogP) is 1.59. The van der Waals surface area contributed by atoms with Crippen molar-refractivity contribution in [3.05, 3.63) is 18.3 Å². The number of hydrogen-bond donors (Lipinski definition) is 1. The predicted molar refractivity (Wildman–Crippen MR) is 74.6 cm³/mol. The molecule has 0 spiro atoms. The summed E-state index contributed by atoms with van der Waals surface area (Å²) in [5.74, 6) is 2.10. The van der Waals surface area contributed by atoms with E-state index in [1.165, 1.54) is 38.9 Å². The van der Waals surface area contributed by atoms with Gasteiger partial charge in [-0.3, -0.25) is 4.90 Å². The number of nitrogen functional groups attached to an aromatic ring is 1. The lowest BCUT2D eigenvalue weighted by molar-refractivity contribution is 0.250. The highest BCUT2D eigenvalue weighted by Gasteiger charge is 2.23. The molecule has 0 unspecified atom stereocenters. The first-order valence-electron chi connectivity index (χ1n) is 7.00. The van der Waals surface area contributed by atoms with Gasteiger partial charge in [-0.05, 0) is 31.0 Å². The Morgan fingerprint density at radius 1 is 1.17 bits per heavy atom. The maximum absolute atomic E-state index is 5.66. The molecule has 0 bridgehead atoms. The van der Waals surface area contributed by atoms with Gasteiger partial charge in [-0.1, -0.05) is 12.8 Å². The first-order valence-corrected chi connectivity index (χ1v) is 7.00. The molecule has 1 aliphatic heterocycles. The molecule has 2 N–H and O–H groups in total. The Hall–Kier alpha value is -1.29. The summed E-state index contributed by atoms with van der Waals surface area (Å²) in [5.41, 5.74) is 6.40. The van der Waals surface area contributed by atoms with Crippen LogP contribution in [0.3, 0.4) is 0 Å². The molecule has 1 aromatic heterocycles. The van der Waals surface area contributed by atoms with Crippen LogP contribution in [-0.4, -0.2) is 42.6 Å². The van der Waals surface area contributed by atoms with E-state index in [0.717, 1.165) is 30.5 Å². The van der Waals surface area contributed by atoms with Gasteiger partial charge in [0.25, 0.3) is 0 Å². The highest BCUT2D eigenvalue weighted by molar-refractivity contribution is 5.46. The van der Waals surface area contributed by atoms with E-state index in [0.29, 0.717) is 0 Å². The Labute approximate surface area is 109 Å². The molecule has 0 amide bonds. The normalized spacial score (nSPS) is 21.2. The van der Waals surface area contributed by atoms with Crippen molar-refractivity contribution in [1.29, 1.82) is 0 Å². The number of aromatic nitrogens is 1. The Kier molecular flexibility index (Phi) is 3.37. The summed E-state index contributed by atoms with van der Waals surface area (Å²) < 4.78 is 0. The second-order valence-corrected chi connectivity index (χ2v) is 5.51. The van der Waals surface area contributed by atoms with Crippen molar-refractivity contribution in [2.24, 2.45) is 5.92 Å². The lowest BCUT2D eigenvalue weighted by Crippen LogP contribution is -2.47. The number of hydrogen-bond acceptors (Lipinski definition) is 4. The van der Waals surface area contributed by atoms with Gasteiger partial charge in [0, 0.05) is 26.2 Å². The van der Waals surface area contributed by atoms with Crippen LogP contribution in [0.2, 0.25) is 0 Å². The monoisotopic (exact) mass is 246 g/mol. The van der Waals surface area contributed by atoms with Crippen LogP contribution in [0.25, 0.3) is 0 Å². The number of rotatable bonds is 4. The maximum Gasteiger partial charge on any atom is 0.128 e. The molecule has 1 saturated heterocycles. The zero-order valence-electron chi connectivity index (χ0n) is 10.9. The number of nitrogens with zero attached hydrogens (tertiary/aromatic N) is 3. The first kappa shape index (κ1) is 11.8. The molecule has 4 heteroatoms. The fourth-order valence-electron chi connectivity index (χ4n) is 2.56. The van der Waals surface area contributed by atoms with Crippen molar-refractivity contribution in [3.8, 4) is 0 Å². The van der Waals surface area contributed by atoms with Gasteiger partial charge in [-0.2, -0.15) is 0 Å². The third kappa shape index (κ3) is 2.93. The summed E-state index contributed by atoms with van der Waals surface area (Å²) in [6, 6.07) is 3.96. The molecule has 2 aliphatic rings. The van der Waals surface area contributed by atoms with E-state index < -0.39 is 0 Å². The SMILES string of the molecule is Nc1ccc(N2CCN(CCC3CC3)CC2)nc1. The van der Waals surface area contributed by atoms with E-state index >= 15 is 0 Å². The largest absolute Gasteiger partial charge is 0.397 e. The smallest absolute Gasteiger partial charge is 0.128 e. The van der Waals surface area contributed by atoms with Gasteiger partial charge in [0.1, 0.15) is 5.82 Å². The summed E-state index contributed by atoms with van der Waals surface area (Å²) >= 11 is 0. The van der Waals surface area contributed by atoms with E-state index in [9.17, 15) is 0 Å². The highest BCUT2D eigenvalue weighted by Crippen LogP contribution is 2.32. The molecular formula is C14H22N4. The summed E-state index contributed by atoms with van der Waals surface area (Å²) in [7, 11) is 0. The number of piperazine rings is 1. The standard InChI is InChI=1S/C14H22N4/c15-13-3-4-14(16-11-13)18-9-7-17(8-10-18)6-5-12-1-2-12/h3-4,11-12H,1-2,5-10,15H2. The van der Waals surface area contributed by atoms with Crippen LogP contribution >= 0.6 is 0 Å². The topological polar surface area (TPSA) is 45.4 Å². The summed E-state index contributed by atoms with van der Waals surface area (Å²) in [4.78, 5) is 9.34. The minimum Gasteiger partial charge on any atom is -0.397 e. The number of anilines is 2. The Morgan fingerprint density at radius 3 is 2.56 bits per heavy atom. The van der Waals surface area contributed by atoms with Gasteiger partial charge >= 0.3 is 0 Å². The zero-order chi connectivity index (χ0) is 12.4. The molecule has 98 valence electrons. The maximum atomic E-state index is 5.66. The van der Waals surface area contributed by atoms with Gasteiger partial charge in [0.2, 0.25) is 0 Å². The van der Waals surface area contributed by atoms with Crippen LogP contribution in [0.15, 0.2) is 18.3 Å². The minimum absolute atomic E-state index is 0.738. The van der Waals surface area contributed by atoms with Gasteiger partial charge in [0.15, 0.2) is 0 Å². The third-order valence-electron chi connectivity index (χ3n) is 4.02. The average Bonchev–Trinajstić information content (AvgIpc) is 3.22. The van der Waals surface area contributed by atoms with Crippen LogP contribution in [0.1, 0.15) is 19.3 Å². The fourth-order valence-corrected chi connectivity index (χ4v) is 2.56. The van der Waals surface area contributed by atoms with Gasteiger partial charge in [0.05, 0.1) is 11.9 Å². The molecule has 4 nitrogen and oxygen atoms in total. The van der Waals surface area contributed by atoms with Crippen molar-refractivity contribution in [1.82, 2.24) is 9.88 Å². The number of nitrogens with two attached hydrogens (primary N) is 1. The lowest BCUT2D eigenvalue weighted by Gasteiger charge is -2.35. The minimum atomic E-state index is 0.738. The molecule has 0 aromatic carbocycles. The molecule has 1 aliphatic carbocycles. The van der Waals surface area contributed by atoms with Gasteiger partial charge in [-0.25, -0.2) is 4.98 Å². The molecule has 1 saturated carbocycles. The van der Waals surface area contributed by atoms with Gasteiger partial charge < -0.3 is 10.6 Å². The van der Waals surface area contributed by atoms with E-state index in [1.807, 2.05) is 12.1 Å². The lowest BCUT2D eigenvalue weighted by atomic mass is 10.2. The number of pyridine rings is 1. The summed E-state index contributed by atoms with van der Waals surface area (Å²) in [5, 5.41) is 0. The van der Waals surface area contributed by atoms with E-state index in [4.69, 9.17) is 5.73 Å². The van der Waals surface area contributed by atoms with Crippen molar-refractivity contribution < 1.29 is 0 Å². The zero-order valence-corrected chi connectivity index (χ0v) is 10.9. The average molecular weight is 246 g/mol. The Morgan fingerprint density at radius 2 is 1.94 bits per heavy atom. The van der Waals surface area contributed by atoms with Gasteiger partial charge in [-0.15, -0.1) is 0 Å². The second kappa shape index (κ2) is 5.14. The molecule has 1 aromatic rings. The van der Waals surface area contributed by atoms with Crippen LogP contribution < -0.4 is 10.6 Å². The molecule has 2 heterocycles. The molecule has 18 heavy (non-hydrogen) atoms. The van der Waals surface area contributed by atoms with E-state index in [1.54, 1.807) is 6.20 Å². The van der Waals surface area contributed by atoms with Crippen LogP contribution in [0.5, 0.6) is 0 Å². The fraction of sp³-hybridized carbons (Fsp3) is 0.643. The second-order valence-electron chi connectivity index (χ2n) is 5.51. The van der Waals surface area contributed by atoms with Crippen LogP contribution in [0, 0.1) is 5.92 Å². The van der Waals surface area contributed by atoms with E-state index in [-0.39, 0.29) is 0 Å². The molecule has 0 radical (unpaired) electrons. The first-order chi connectivity index (χ1) is 8.81. The third-order valence-corrected chi connectivity index (χ3v) is 4.02. The highest BCUT2D eigenvalue weighted by atomic mass is 15.3. The van der Waals surface area contributed by atoms with Crippen molar-refractivity contribution in [2.45, 2.75) is 19.3 Å². The van der Waals surface area contributed by atoms with Crippen molar-refractivity contribution in [3.63, 3.8) is 0 Å². The van der Waals surface area contributed by atoms with Crippen molar-refractivity contribution in [2.75, 3.05) is 43.4 Å². The Balaban J connectivity index is 1.48. The summed E-state index contributed by atoms with van der Waals surface area (Å²) in [6.07, 6.45) is 6.08. The molecule has 0 atom stereocenters.